The molecule has 1 saturated carbocycles. The van der Waals surface area contributed by atoms with E-state index in [1.54, 1.807) is 0 Å². The van der Waals surface area contributed by atoms with Crippen LogP contribution in [0.3, 0.4) is 0 Å². The van der Waals surface area contributed by atoms with E-state index in [1.807, 2.05) is 0 Å². The van der Waals surface area contributed by atoms with Gasteiger partial charge < -0.3 is 5.11 Å². The van der Waals surface area contributed by atoms with Crippen molar-refractivity contribution in [3.63, 3.8) is 0 Å². The summed E-state index contributed by atoms with van der Waals surface area (Å²) in [6.07, 6.45) is 2.68. The summed E-state index contributed by atoms with van der Waals surface area (Å²) in [4.78, 5) is 10.5. The maximum Gasteiger partial charge on any atom is 0.358 e. The number of nitrogens with one attached hydrogen (secondary N) is 1. The SMILES string of the molecule is O=C(O)c1cn(CCNS(=O)(=O)C2CC2)nn1. The zero-order valence-electron chi connectivity index (χ0n) is 8.90. The molecule has 1 aliphatic rings. The van der Waals surface area contributed by atoms with Crippen LogP contribution in [0.5, 0.6) is 0 Å². The minimum absolute atomic E-state index is 0.157. The molecule has 9 heteroatoms. The lowest BCUT2D eigenvalue weighted by molar-refractivity contribution is 0.0690. The Morgan fingerprint density at radius 3 is 2.82 bits per heavy atom. The first kappa shape index (κ1) is 12.0. The van der Waals surface area contributed by atoms with E-state index in [0.29, 0.717) is 12.8 Å². The van der Waals surface area contributed by atoms with E-state index >= 15 is 0 Å². The maximum atomic E-state index is 11.4. The van der Waals surface area contributed by atoms with Crippen molar-refractivity contribution >= 4 is 16.0 Å². The molecule has 0 amide bonds. The Hall–Kier alpha value is -1.48. The number of aromatic carboxylic acids is 1. The van der Waals surface area contributed by atoms with Gasteiger partial charge in [0, 0.05) is 6.54 Å². The fourth-order valence-electron chi connectivity index (χ4n) is 1.30. The standard InChI is InChI=1S/C8H12N4O4S/c13-8(14)7-5-12(11-10-7)4-3-9-17(15,16)6-1-2-6/h5-6,9H,1-4H2,(H,13,14). The van der Waals surface area contributed by atoms with E-state index in [1.165, 1.54) is 10.9 Å². The molecule has 0 aliphatic heterocycles. The molecule has 8 nitrogen and oxygen atoms in total. The van der Waals surface area contributed by atoms with Gasteiger partial charge in [-0.3, -0.25) is 4.68 Å². The van der Waals surface area contributed by atoms with Gasteiger partial charge in [0.05, 0.1) is 18.0 Å². The number of hydrogen-bond donors (Lipinski definition) is 2. The van der Waals surface area contributed by atoms with Crippen LogP contribution in [0.15, 0.2) is 6.20 Å². The van der Waals surface area contributed by atoms with Crippen molar-refractivity contribution in [2.24, 2.45) is 0 Å². The van der Waals surface area contributed by atoms with Gasteiger partial charge in [-0.1, -0.05) is 5.21 Å². The highest BCUT2D eigenvalue weighted by atomic mass is 32.2. The number of carboxylic acid groups (broad SMARTS) is 1. The first-order valence-corrected chi connectivity index (χ1v) is 6.65. The predicted octanol–water partition coefficient (Wildman–Crippen LogP) is -0.942. The predicted molar refractivity (Wildman–Crippen MR) is 56.9 cm³/mol. The van der Waals surface area contributed by atoms with Gasteiger partial charge >= 0.3 is 5.97 Å². The zero-order chi connectivity index (χ0) is 12.5. The molecular formula is C8H12N4O4S. The monoisotopic (exact) mass is 260 g/mol. The van der Waals surface area contributed by atoms with Crippen molar-refractivity contribution in [3.8, 4) is 0 Å². The van der Waals surface area contributed by atoms with Crippen LogP contribution in [0.25, 0.3) is 0 Å². The van der Waals surface area contributed by atoms with Crippen LogP contribution in [0.2, 0.25) is 0 Å². The number of carbonyl (C=O) groups is 1. The highest BCUT2D eigenvalue weighted by Gasteiger charge is 2.35. The Balaban J connectivity index is 1.83. The van der Waals surface area contributed by atoms with Gasteiger partial charge in [0.2, 0.25) is 10.0 Å². The van der Waals surface area contributed by atoms with E-state index in [4.69, 9.17) is 5.11 Å². The van der Waals surface area contributed by atoms with Gasteiger partial charge in [0.1, 0.15) is 0 Å². The Morgan fingerprint density at radius 1 is 1.59 bits per heavy atom. The first-order valence-electron chi connectivity index (χ1n) is 5.11. The van der Waals surface area contributed by atoms with Crippen molar-refractivity contribution in [2.75, 3.05) is 6.54 Å². The molecule has 0 radical (unpaired) electrons. The fourth-order valence-corrected chi connectivity index (χ4v) is 2.67. The molecule has 0 saturated heterocycles. The number of sulfonamides is 1. The zero-order valence-corrected chi connectivity index (χ0v) is 9.72. The number of aromatic nitrogens is 3. The molecule has 0 aromatic carbocycles. The Kier molecular flexibility index (Phi) is 3.11. The summed E-state index contributed by atoms with van der Waals surface area (Å²) in [5, 5.41) is 15.3. The third kappa shape index (κ3) is 3.01. The Labute approximate surface area is 97.7 Å². The van der Waals surface area contributed by atoms with E-state index < -0.39 is 16.0 Å². The number of nitrogens with zero attached hydrogens (tertiary/aromatic N) is 3. The topological polar surface area (TPSA) is 114 Å². The molecule has 2 rings (SSSR count). The Morgan fingerprint density at radius 2 is 2.29 bits per heavy atom. The molecule has 0 spiro atoms. The molecule has 1 aromatic rings. The first-order chi connectivity index (χ1) is 7.99. The van der Waals surface area contributed by atoms with Crippen LogP contribution in [0.4, 0.5) is 0 Å². The van der Waals surface area contributed by atoms with Gasteiger partial charge in [-0.2, -0.15) is 0 Å². The second-order valence-electron chi connectivity index (χ2n) is 3.81. The lowest BCUT2D eigenvalue weighted by atomic mass is 10.5. The second kappa shape index (κ2) is 4.41. The van der Waals surface area contributed by atoms with Crippen molar-refractivity contribution in [3.05, 3.63) is 11.9 Å². The highest BCUT2D eigenvalue weighted by Crippen LogP contribution is 2.27. The molecule has 0 bridgehead atoms. The molecule has 0 unspecified atom stereocenters. The summed E-state index contributed by atoms with van der Waals surface area (Å²) in [6.45, 7) is 0.438. The molecule has 1 aliphatic carbocycles. The summed E-state index contributed by atoms with van der Waals surface area (Å²) in [5.41, 5.74) is -0.157. The fraction of sp³-hybridized carbons (Fsp3) is 0.625. The van der Waals surface area contributed by atoms with Crippen LogP contribution in [0, 0.1) is 0 Å². The molecule has 1 aromatic heterocycles. The summed E-state index contributed by atoms with van der Waals surface area (Å²) >= 11 is 0. The van der Waals surface area contributed by atoms with Crippen LogP contribution >= 0.6 is 0 Å². The minimum atomic E-state index is -3.19. The molecular weight excluding hydrogens is 248 g/mol. The third-order valence-corrected chi connectivity index (χ3v) is 4.32. The average Bonchev–Trinajstić information content (AvgIpc) is 3.00. The number of rotatable bonds is 6. The lowest BCUT2D eigenvalue weighted by Crippen LogP contribution is -2.30. The van der Waals surface area contributed by atoms with Gasteiger partial charge in [0.15, 0.2) is 5.69 Å². The van der Waals surface area contributed by atoms with Crippen molar-refractivity contribution in [1.82, 2.24) is 19.7 Å². The van der Waals surface area contributed by atoms with E-state index in [2.05, 4.69) is 15.0 Å². The van der Waals surface area contributed by atoms with E-state index in [-0.39, 0.29) is 24.0 Å². The molecule has 17 heavy (non-hydrogen) atoms. The molecule has 94 valence electrons. The van der Waals surface area contributed by atoms with Crippen LogP contribution in [-0.2, 0) is 16.6 Å². The van der Waals surface area contributed by atoms with E-state index in [0.717, 1.165) is 0 Å². The summed E-state index contributed by atoms with van der Waals surface area (Å²) in [6, 6.07) is 0. The van der Waals surface area contributed by atoms with Crippen molar-refractivity contribution in [1.29, 1.82) is 0 Å². The van der Waals surface area contributed by atoms with E-state index in [9.17, 15) is 13.2 Å². The van der Waals surface area contributed by atoms with Crippen molar-refractivity contribution in [2.45, 2.75) is 24.6 Å². The van der Waals surface area contributed by atoms with Crippen LogP contribution in [-0.4, -0.2) is 46.3 Å². The van der Waals surface area contributed by atoms with Gasteiger partial charge in [-0.25, -0.2) is 17.9 Å². The normalized spacial score (nSPS) is 16.0. The Bertz CT molecular complexity index is 519. The number of carboxylic acids is 1. The lowest BCUT2D eigenvalue weighted by Gasteiger charge is -2.04. The third-order valence-electron chi connectivity index (χ3n) is 2.37. The van der Waals surface area contributed by atoms with Crippen LogP contribution in [0.1, 0.15) is 23.3 Å². The largest absolute Gasteiger partial charge is 0.476 e. The maximum absolute atomic E-state index is 11.4. The van der Waals surface area contributed by atoms with Gasteiger partial charge in [0.25, 0.3) is 0 Å². The van der Waals surface area contributed by atoms with Gasteiger partial charge in [-0.05, 0) is 12.8 Å². The van der Waals surface area contributed by atoms with Gasteiger partial charge in [-0.15, -0.1) is 5.10 Å². The molecule has 2 N–H and O–H groups in total. The second-order valence-corrected chi connectivity index (χ2v) is 5.86. The minimum Gasteiger partial charge on any atom is -0.476 e. The number of hydrogen-bond acceptors (Lipinski definition) is 5. The van der Waals surface area contributed by atoms with Crippen LogP contribution < -0.4 is 4.72 Å². The summed E-state index contributed by atoms with van der Waals surface area (Å²) in [7, 11) is -3.19. The molecule has 1 fully saturated rings. The quantitative estimate of drug-likeness (QED) is 0.682. The molecule has 0 atom stereocenters. The highest BCUT2D eigenvalue weighted by molar-refractivity contribution is 7.90. The smallest absolute Gasteiger partial charge is 0.358 e. The summed E-state index contributed by atoms with van der Waals surface area (Å²) in [5.74, 6) is -1.16. The molecule has 1 heterocycles. The average molecular weight is 260 g/mol. The van der Waals surface area contributed by atoms with Crippen molar-refractivity contribution < 1.29 is 18.3 Å². The summed E-state index contributed by atoms with van der Waals surface area (Å²) < 4.78 is 26.6.